The maximum atomic E-state index is 10.7. The monoisotopic (exact) mass is 394 g/mol. The minimum absolute atomic E-state index is 0.158. The first-order valence-corrected chi connectivity index (χ1v) is 9.61. The van der Waals surface area contributed by atoms with Crippen molar-refractivity contribution in [3.8, 4) is 23.0 Å². The molecular formula is C25H30O4. The molecule has 0 heterocycles. The minimum Gasteiger partial charge on any atom is -0.507 e. The van der Waals surface area contributed by atoms with Crippen LogP contribution >= 0.6 is 0 Å². The van der Waals surface area contributed by atoms with E-state index >= 15 is 0 Å². The van der Waals surface area contributed by atoms with Crippen LogP contribution in [0.25, 0.3) is 12.2 Å². The third kappa shape index (κ3) is 5.92. The fourth-order valence-corrected chi connectivity index (χ4v) is 3.00. The Morgan fingerprint density at radius 3 is 1.97 bits per heavy atom. The van der Waals surface area contributed by atoms with E-state index in [0.29, 0.717) is 18.6 Å². The molecule has 2 aromatic carbocycles. The Kier molecular flexibility index (Phi) is 7.54. The molecule has 4 heteroatoms. The molecule has 0 aliphatic heterocycles. The van der Waals surface area contributed by atoms with Crippen molar-refractivity contribution < 1.29 is 20.1 Å². The van der Waals surface area contributed by atoms with E-state index in [9.17, 15) is 15.3 Å². The van der Waals surface area contributed by atoms with Gasteiger partial charge >= 0.3 is 0 Å². The zero-order chi connectivity index (χ0) is 21.6. The number of allylic oxidation sites excluding steroid dienone is 4. The highest BCUT2D eigenvalue weighted by atomic mass is 16.5. The average molecular weight is 395 g/mol. The summed E-state index contributed by atoms with van der Waals surface area (Å²) in [5.74, 6) is 0.493. The van der Waals surface area contributed by atoms with Crippen molar-refractivity contribution in [1.29, 1.82) is 0 Å². The number of ether oxygens (including phenoxy) is 1. The van der Waals surface area contributed by atoms with Gasteiger partial charge in [-0.05, 0) is 63.8 Å². The third-order valence-corrected chi connectivity index (χ3v) is 4.62. The van der Waals surface area contributed by atoms with Crippen molar-refractivity contribution in [2.24, 2.45) is 0 Å². The van der Waals surface area contributed by atoms with Crippen molar-refractivity contribution >= 4 is 12.2 Å². The van der Waals surface area contributed by atoms with Crippen LogP contribution in [0.4, 0.5) is 0 Å². The number of hydrogen-bond donors (Lipinski definition) is 3. The van der Waals surface area contributed by atoms with Crippen LogP contribution in [0.1, 0.15) is 49.9 Å². The van der Waals surface area contributed by atoms with Crippen LogP contribution in [-0.2, 0) is 12.8 Å². The molecule has 3 N–H and O–H groups in total. The van der Waals surface area contributed by atoms with Crippen LogP contribution in [0.2, 0.25) is 0 Å². The molecule has 0 atom stereocenters. The molecule has 2 aromatic rings. The van der Waals surface area contributed by atoms with E-state index in [1.54, 1.807) is 19.2 Å². The molecule has 29 heavy (non-hydrogen) atoms. The lowest BCUT2D eigenvalue weighted by Crippen LogP contribution is -2.00. The molecule has 154 valence electrons. The summed E-state index contributed by atoms with van der Waals surface area (Å²) in [6.45, 7) is 8.15. The third-order valence-electron chi connectivity index (χ3n) is 4.62. The van der Waals surface area contributed by atoms with E-state index in [4.69, 9.17) is 4.74 Å². The highest BCUT2D eigenvalue weighted by Crippen LogP contribution is 2.36. The van der Waals surface area contributed by atoms with E-state index in [2.05, 4.69) is 12.2 Å². The highest BCUT2D eigenvalue weighted by Gasteiger charge is 2.16. The smallest absolute Gasteiger partial charge is 0.157 e. The van der Waals surface area contributed by atoms with E-state index < -0.39 is 0 Å². The molecule has 0 aliphatic carbocycles. The standard InChI is InChI=1S/C25H30O4/c1-16(2)6-10-20-19(12-8-18-9-13-22(26)24(28)14-18)21(11-7-17(3)4)25(29-5)15-23(20)27/h6-9,12-15,26-28H,10-11H2,1-5H3/b12-8+. The van der Waals surface area contributed by atoms with Gasteiger partial charge in [0.15, 0.2) is 11.5 Å². The van der Waals surface area contributed by atoms with E-state index in [-0.39, 0.29) is 17.2 Å². The normalized spacial score (nSPS) is 10.8. The van der Waals surface area contributed by atoms with Crippen LogP contribution in [0, 0.1) is 0 Å². The van der Waals surface area contributed by atoms with Gasteiger partial charge in [0, 0.05) is 17.2 Å². The molecule has 0 amide bonds. The quantitative estimate of drug-likeness (QED) is 0.306. The van der Waals surface area contributed by atoms with Gasteiger partial charge in [-0.25, -0.2) is 0 Å². The molecule has 4 nitrogen and oxygen atoms in total. The number of phenols is 3. The Labute approximate surface area is 173 Å². The van der Waals surface area contributed by atoms with Crippen molar-refractivity contribution in [1.82, 2.24) is 0 Å². The molecule has 0 aromatic heterocycles. The molecule has 0 fully saturated rings. The van der Waals surface area contributed by atoms with Crippen LogP contribution in [0.15, 0.2) is 47.6 Å². The number of phenolic OH excluding ortho intramolecular Hbond substituents is 3. The van der Waals surface area contributed by atoms with Gasteiger partial charge in [-0.3, -0.25) is 0 Å². The van der Waals surface area contributed by atoms with Crippen LogP contribution in [0.3, 0.4) is 0 Å². The minimum atomic E-state index is -0.171. The molecule has 0 radical (unpaired) electrons. The fraction of sp³-hybridized carbons (Fsp3) is 0.280. The summed E-state index contributed by atoms with van der Waals surface area (Å²) in [7, 11) is 1.60. The molecule has 0 bridgehead atoms. The first-order valence-electron chi connectivity index (χ1n) is 9.61. The summed E-state index contributed by atoms with van der Waals surface area (Å²) < 4.78 is 5.55. The van der Waals surface area contributed by atoms with Crippen molar-refractivity contribution in [3.05, 3.63) is 69.8 Å². The molecule has 0 unspecified atom stereocenters. The summed E-state index contributed by atoms with van der Waals surface area (Å²) >= 11 is 0. The lowest BCUT2D eigenvalue weighted by molar-refractivity contribution is 0.402. The molecule has 0 saturated carbocycles. The van der Waals surface area contributed by atoms with Crippen molar-refractivity contribution in [2.75, 3.05) is 7.11 Å². The lowest BCUT2D eigenvalue weighted by Gasteiger charge is -2.17. The number of methoxy groups -OCH3 is 1. The van der Waals surface area contributed by atoms with E-state index in [1.165, 1.54) is 23.3 Å². The van der Waals surface area contributed by atoms with Gasteiger partial charge in [0.05, 0.1) is 7.11 Å². The Hall–Kier alpha value is -3.14. The highest BCUT2D eigenvalue weighted by molar-refractivity contribution is 5.77. The van der Waals surface area contributed by atoms with Gasteiger partial charge in [-0.2, -0.15) is 0 Å². The van der Waals surface area contributed by atoms with Gasteiger partial charge in [0.1, 0.15) is 11.5 Å². The van der Waals surface area contributed by atoms with E-state index in [1.807, 2.05) is 39.8 Å². The maximum absolute atomic E-state index is 10.7. The topological polar surface area (TPSA) is 69.9 Å². The van der Waals surface area contributed by atoms with E-state index in [0.717, 1.165) is 22.3 Å². The second-order valence-corrected chi connectivity index (χ2v) is 7.52. The maximum Gasteiger partial charge on any atom is 0.157 e. The second-order valence-electron chi connectivity index (χ2n) is 7.52. The Morgan fingerprint density at radius 2 is 1.41 bits per heavy atom. The summed E-state index contributed by atoms with van der Waals surface area (Å²) in [6.07, 6.45) is 9.26. The molecule has 2 rings (SSSR count). The van der Waals surface area contributed by atoms with Gasteiger partial charge in [-0.15, -0.1) is 0 Å². The van der Waals surface area contributed by atoms with Crippen LogP contribution < -0.4 is 4.74 Å². The van der Waals surface area contributed by atoms with Crippen LogP contribution in [-0.4, -0.2) is 22.4 Å². The Morgan fingerprint density at radius 1 is 0.793 bits per heavy atom. The average Bonchev–Trinajstić information content (AvgIpc) is 2.66. The number of rotatable bonds is 7. The lowest BCUT2D eigenvalue weighted by atomic mass is 9.92. The zero-order valence-electron chi connectivity index (χ0n) is 17.8. The van der Waals surface area contributed by atoms with Crippen molar-refractivity contribution in [2.45, 2.75) is 40.5 Å². The van der Waals surface area contributed by atoms with Gasteiger partial charge in [-0.1, -0.05) is 41.5 Å². The number of hydrogen-bond acceptors (Lipinski definition) is 4. The van der Waals surface area contributed by atoms with Crippen LogP contribution in [0.5, 0.6) is 23.0 Å². The molecule has 0 aliphatic rings. The Bertz CT molecular complexity index is 957. The first kappa shape index (κ1) is 22.2. The summed E-state index contributed by atoms with van der Waals surface area (Å²) in [4.78, 5) is 0. The largest absolute Gasteiger partial charge is 0.507 e. The summed E-state index contributed by atoms with van der Waals surface area (Å²) in [5, 5.41) is 30.0. The molecule has 0 spiro atoms. The summed E-state index contributed by atoms with van der Waals surface area (Å²) in [5.41, 5.74) is 5.81. The fourth-order valence-electron chi connectivity index (χ4n) is 3.00. The second kappa shape index (κ2) is 9.87. The molecular weight excluding hydrogens is 364 g/mol. The SMILES string of the molecule is COc1cc(O)c(CC=C(C)C)c(/C=C/c2ccc(O)c(O)c2)c1CC=C(C)C. The number of aromatic hydroxyl groups is 3. The molecule has 0 saturated heterocycles. The predicted octanol–water partition coefficient (Wildman–Crippen LogP) is 6.00. The van der Waals surface area contributed by atoms with Gasteiger partial charge < -0.3 is 20.1 Å². The predicted molar refractivity (Wildman–Crippen MR) is 120 cm³/mol. The summed E-state index contributed by atoms with van der Waals surface area (Å²) in [6, 6.07) is 6.34. The zero-order valence-corrected chi connectivity index (χ0v) is 17.8. The van der Waals surface area contributed by atoms with Gasteiger partial charge in [0.2, 0.25) is 0 Å². The first-order chi connectivity index (χ1) is 13.7. The Balaban J connectivity index is 2.65. The van der Waals surface area contributed by atoms with Crippen molar-refractivity contribution in [3.63, 3.8) is 0 Å². The number of benzene rings is 2. The van der Waals surface area contributed by atoms with Gasteiger partial charge in [0.25, 0.3) is 0 Å².